The number of carbonyl (C=O) groups excluding carboxylic acids is 1. The fourth-order valence-electron chi connectivity index (χ4n) is 3.96. The Morgan fingerprint density at radius 3 is 2.39 bits per heavy atom. The van der Waals surface area contributed by atoms with Gasteiger partial charge in [0.15, 0.2) is 0 Å². The zero-order valence-electron chi connectivity index (χ0n) is 17.3. The van der Waals surface area contributed by atoms with Gasteiger partial charge in [-0.1, -0.05) is 12.1 Å². The van der Waals surface area contributed by atoms with Crippen molar-refractivity contribution >= 4 is 15.9 Å². The number of hydrogen-bond donors (Lipinski definition) is 0. The highest BCUT2D eigenvalue weighted by Crippen LogP contribution is 2.24. The Balaban J connectivity index is 1.51. The Hall–Kier alpha value is -3.04. The number of nitrogens with zero attached hydrogens (tertiary/aromatic N) is 4. The van der Waals surface area contributed by atoms with Crippen molar-refractivity contribution in [1.29, 1.82) is 0 Å². The van der Waals surface area contributed by atoms with Gasteiger partial charge in [-0.2, -0.15) is 4.31 Å². The topological polar surface area (TPSA) is 75.5 Å². The van der Waals surface area contributed by atoms with Crippen LogP contribution < -0.4 is 0 Å². The van der Waals surface area contributed by atoms with Gasteiger partial charge < -0.3 is 9.47 Å². The number of pyridine rings is 1. The molecule has 1 aliphatic heterocycles. The van der Waals surface area contributed by atoms with Gasteiger partial charge >= 0.3 is 0 Å². The minimum absolute atomic E-state index is 0.115. The van der Waals surface area contributed by atoms with Gasteiger partial charge in [-0.05, 0) is 44.2 Å². The number of aryl methyl sites for hydroxylation is 1. The zero-order chi connectivity index (χ0) is 22.2. The summed E-state index contributed by atoms with van der Waals surface area (Å²) in [6, 6.07) is 10.9. The van der Waals surface area contributed by atoms with Crippen LogP contribution in [-0.4, -0.2) is 59.3 Å². The van der Waals surface area contributed by atoms with Crippen LogP contribution in [0.1, 0.15) is 21.7 Å². The monoisotopic (exact) mass is 442 g/mol. The van der Waals surface area contributed by atoms with Crippen molar-refractivity contribution < 1.29 is 17.6 Å². The van der Waals surface area contributed by atoms with E-state index in [1.165, 1.54) is 22.5 Å². The predicted molar refractivity (Wildman–Crippen MR) is 114 cm³/mol. The Bertz CT molecular complexity index is 1220. The molecule has 162 valence electrons. The molecule has 3 heterocycles. The van der Waals surface area contributed by atoms with E-state index < -0.39 is 15.8 Å². The molecular formula is C22H23FN4O3S. The summed E-state index contributed by atoms with van der Waals surface area (Å²) < 4.78 is 42.8. The molecule has 1 aliphatic rings. The molecule has 1 fully saturated rings. The second-order valence-corrected chi connectivity index (χ2v) is 9.36. The summed E-state index contributed by atoms with van der Waals surface area (Å²) >= 11 is 0. The Morgan fingerprint density at radius 2 is 1.74 bits per heavy atom. The minimum atomic E-state index is -3.94. The van der Waals surface area contributed by atoms with Crippen LogP contribution >= 0.6 is 0 Å². The van der Waals surface area contributed by atoms with Crippen molar-refractivity contribution in [2.24, 2.45) is 0 Å². The molecule has 7 nitrogen and oxygen atoms in total. The third-order valence-corrected chi connectivity index (χ3v) is 7.48. The molecule has 0 spiro atoms. The van der Waals surface area contributed by atoms with Crippen LogP contribution in [0.25, 0.3) is 5.69 Å². The highest BCUT2D eigenvalue weighted by Gasteiger charge is 2.32. The average molecular weight is 443 g/mol. The first-order valence-electron chi connectivity index (χ1n) is 9.94. The number of sulfonamides is 1. The molecule has 0 aliphatic carbocycles. The molecule has 2 aromatic heterocycles. The summed E-state index contributed by atoms with van der Waals surface area (Å²) in [5, 5.41) is 0. The number of piperazine rings is 1. The van der Waals surface area contributed by atoms with Crippen LogP contribution in [0.5, 0.6) is 0 Å². The molecule has 0 bridgehead atoms. The minimum Gasteiger partial charge on any atom is -0.336 e. The lowest BCUT2D eigenvalue weighted by atomic mass is 10.2. The van der Waals surface area contributed by atoms with Crippen molar-refractivity contribution in [1.82, 2.24) is 18.8 Å². The molecule has 0 saturated carbocycles. The second-order valence-electron chi connectivity index (χ2n) is 7.46. The van der Waals surface area contributed by atoms with E-state index in [-0.39, 0.29) is 37.0 Å². The number of rotatable bonds is 4. The first-order valence-corrected chi connectivity index (χ1v) is 11.4. The van der Waals surface area contributed by atoms with Crippen LogP contribution in [0.15, 0.2) is 59.8 Å². The van der Waals surface area contributed by atoms with Gasteiger partial charge in [-0.3, -0.25) is 9.78 Å². The maximum Gasteiger partial charge on any atom is 0.255 e. The van der Waals surface area contributed by atoms with E-state index in [9.17, 15) is 17.6 Å². The Kier molecular flexibility index (Phi) is 5.63. The average Bonchev–Trinajstić information content (AvgIpc) is 3.08. The fraction of sp³-hybridized carbons (Fsp3) is 0.273. The highest BCUT2D eigenvalue weighted by molar-refractivity contribution is 7.89. The molecule has 0 unspecified atom stereocenters. The summed E-state index contributed by atoms with van der Waals surface area (Å²) in [7, 11) is -3.94. The standard InChI is InChI=1S/C22H23FN4O3S/c1-16-14-19(17(2)27(16)18-6-5-9-24-15-18)22(28)25-10-12-26(13-11-25)31(29,30)21-8-4-3-7-20(21)23/h3-9,14-15H,10-13H2,1-2H3. The summed E-state index contributed by atoms with van der Waals surface area (Å²) in [6.45, 7) is 4.52. The van der Waals surface area contributed by atoms with Crippen molar-refractivity contribution in [2.45, 2.75) is 18.7 Å². The van der Waals surface area contributed by atoms with Gasteiger partial charge in [0, 0.05) is 43.8 Å². The predicted octanol–water partition coefficient (Wildman–Crippen LogP) is 2.77. The van der Waals surface area contributed by atoms with E-state index >= 15 is 0 Å². The van der Waals surface area contributed by atoms with Crippen LogP contribution in [0.2, 0.25) is 0 Å². The highest BCUT2D eigenvalue weighted by atomic mass is 32.2. The third-order valence-electron chi connectivity index (χ3n) is 5.55. The summed E-state index contributed by atoms with van der Waals surface area (Å²) in [4.78, 5) is 18.6. The van der Waals surface area contributed by atoms with Crippen molar-refractivity contribution in [3.63, 3.8) is 0 Å². The Morgan fingerprint density at radius 1 is 1.03 bits per heavy atom. The van der Waals surface area contributed by atoms with E-state index in [2.05, 4.69) is 4.98 Å². The molecule has 0 radical (unpaired) electrons. The molecule has 4 rings (SSSR count). The SMILES string of the molecule is Cc1cc(C(=O)N2CCN(S(=O)(=O)c3ccccc3F)CC2)c(C)n1-c1cccnc1. The lowest BCUT2D eigenvalue weighted by Gasteiger charge is -2.34. The van der Waals surface area contributed by atoms with Crippen LogP contribution in [0.3, 0.4) is 0 Å². The van der Waals surface area contributed by atoms with Gasteiger partial charge in [0.1, 0.15) is 10.7 Å². The number of halogens is 1. The van der Waals surface area contributed by atoms with Crippen molar-refractivity contribution in [3.05, 3.63) is 77.6 Å². The van der Waals surface area contributed by atoms with Crippen molar-refractivity contribution in [3.8, 4) is 5.69 Å². The number of aromatic nitrogens is 2. The third kappa shape index (κ3) is 3.86. The summed E-state index contributed by atoms with van der Waals surface area (Å²) in [5.41, 5.74) is 3.16. The van der Waals surface area contributed by atoms with E-state index in [1.54, 1.807) is 17.3 Å². The van der Waals surface area contributed by atoms with Crippen LogP contribution in [-0.2, 0) is 10.0 Å². The largest absolute Gasteiger partial charge is 0.336 e. The maximum absolute atomic E-state index is 14.0. The molecular weight excluding hydrogens is 419 g/mol. The number of benzene rings is 1. The lowest BCUT2D eigenvalue weighted by Crippen LogP contribution is -2.50. The van der Waals surface area contributed by atoms with Gasteiger partial charge in [0.05, 0.1) is 17.4 Å². The first-order chi connectivity index (χ1) is 14.8. The molecule has 0 N–H and O–H groups in total. The van der Waals surface area contributed by atoms with Crippen LogP contribution in [0.4, 0.5) is 4.39 Å². The quantitative estimate of drug-likeness (QED) is 0.623. The molecule has 9 heteroatoms. The van der Waals surface area contributed by atoms with Gasteiger partial charge in [-0.15, -0.1) is 0 Å². The molecule has 3 aromatic rings. The normalized spacial score (nSPS) is 15.3. The summed E-state index contributed by atoms with van der Waals surface area (Å²) in [6.07, 6.45) is 3.43. The van der Waals surface area contributed by atoms with E-state index in [0.29, 0.717) is 5.56 Å². The summed E-state index contributed by atoms with van der Waals surface area (Å²) in [5.74, 6) is -0.921. The molecule has 0 atom stereocenters. The van der Waals surface area contributed by atoms with E-state index in [0.717, 1.165) is 23.1 Å². The van der Waals surface area contributed by atoms with Crippen molar-refractivity contribution in [2.75, 3.05) is 26.2 Å². The zero-order valence-corrected chi connectivity index (χ0v) is 18.1. The first kappa shape index (κ1) is 21.2. The van der Waals surface area contributed by atoms with Gasteiger partial charge in [-0.25, -0.2) is 12.8 Å². The van der Waals surface area contributed by atoms with Crippen LogP contribution in [0, 0.1) is 19.7 Å². The van der Waals surface area contributed by atoms with Gasteiger partial charge in [0.2, 0.25) is 10.0 Å². The molecule has 1 saturated heterocycles. The van der Waals surface area contributed by atoms with E-state index in [1.807, 2.05) is 36.6 Å². The number of hydrogen-bond acceptors (Lipinski definition) is 4. The fourth-order valence-corrected chi connectivity index (χ4v) is 5.44. The van der Waals surface area contributed by atoms with E-state index in [4.69, 9.17) is 0 Å². The Labute approximate surface area is 180 Å². The smallest absolute Gasteiger partial charge is 0.255 e. The van der Waals surface area contributed by atoms with Gasteiger partial charge in [0.25, 0.3) is 5.91 Å². The molecule has 1 aromatic carbocycles. The number of amides is 1. The molecule has 31 heavy (non-hydrogen) atoms. The molecule has 1 amide bonds. The second kappa shape index (κ2) is 8.24. The lowest BCUT2D eigenvalue weighted by molar-refractivity contribution is 0.0697. The maximum atomic E-state index is 14.0. The number of carbonyl (C=O) groups is 1.